The van der Waals surface area contributed by atoms with Crippen LogP contribution < -0.4 is 0 Å². The van der Waals surface area contributed by atoms with Gasteiger partial charge in [-0.2, -0.15) is 0 Å². The molecule has 78 valence electrons. The van der Waals surface area contributed by atoms with E-state index in [4.69, 9.17) is 0 Å². The monoisotopic (exact) mass is 192 g/mol. The van der Waals surface area contributed by atoms with Gasteiger partial charge in [0.15, 0.2) is 0 Å². The molecule has 1 unspecified atom stereocenters. The van der Waals surface area contributed by atoms with Crippen molar-refractivity contribution < 1.29 is 0 Å². The Kier molecular flexibility index (Phi) is 2.64. The molecular formula is C12H20N2. The molecule has 0 N–H and O–H groups in total. The first kappa shape index (κ1) is 9.78. The molecule has 1 saturated heterocycles. The molecule has 2 aliphatic rings. The Hall–Kier alpha value is -0.760. The van der Waals surface area contributed by atoms with Crippen molar-refractivity contribution in [3.8, 4) is 0 Å². The average Bonchev–Trinajstić information content (AvgIpc) is 2.87. The van der Waals surface area contributed by atoms with Crippen molar-refractivity contribution in [2.24, 2.45) is 0 Å². The summed E-state index contributed by atoms with van der Waals surface area (Å²) in [5.74, 6) is 0. The standard InChI is InChI=1S/C12H20N2/c1-10(2)14-7-6-13(3)9-12(14)8-11-4-5-11/h4,12H,1,5-9H2,2-3H3. The molecule has 1 atom stereocenters. The first-order chi connectivity index (χ1) is 6.66. The summed E-state index contributed by atoms with van der Waals surface area (Å²) in [6.45, 7) is 9.69. The van der Waals surface area contributed by atoms with E-state index in [1.54, 1.807) is 5.57 Å². The Morgan fingerprint density at radius 1 is 1.57 bits per heavy atom. The van der Waals surface area contributed by atoms with Crippen LogP contribution in [0, 0.1) is 0 Å². The Labute approximate surface area is 86.9 Å². The molecule has 2 rings (SSSR count). The summed E-state index contributed by atoms with van der Waals surface area (Å²) in [4.78, 5) is 4.90. The van der Waals surface area contributed by atoms with Crippen LogP contribution in [0.5, 0.6) is 0 Å². The van der Waals surface area contributed by atoms with Crippen molar-refractivity contribution >= 4 is 0 Å². The van der Waals surface area contributed by atoms with Crippen molar-refractivity contribution in [3.05, 3.63) is 23.9 Å². The van der Waals surface area contributed by atoms with E-state index in [0.29, 0.717) is 6.04 Å². The molecular weight excluding hydrogens is 172 g/mol. The van der Waals surface area contributed by atoms with Crippen molar-refractivity contribution in [2.45, 2.75) is 25.8 Å². The first-order valence-electron chi connectivity index (χ1n) is 5.45. The molecule has 0 bridgehead atoms. The van der Waals surface area contributed by atoms with Crippen molar-refractivity contribution in [2.75, 3.05) is 26.7 Å². The maximum atomic E-state index is 4.07. The van der Waals surface area contributed by atoms with Gasteiger partial charge in [-0.05, 0) is 26.8 Å². The van der Waals surface area contributed by atoms with Gasteiger partial charge in [0.25, 0.3) is 0 Å². The molecule has 0 aromatic carbocycles. The zero-order valence-electron chi connectivity index (χ0n) is 9.29. The summed E-state index contributed by atoms with van der Waals surface area (Å²) in [7, 11) is 2.21. The first-order valence-corrected chi connectivity index (χ1v) is 5.45. The van der Waals surface area contributed by atoms with Crippen LogP contribution in [0.4, 0.5) is 0 Å². The second-order valence-corrected chi connectivity index (χ2v) is 4.62. The Morgan fingerprint density at radius 2 is 2.29 bits per heavy atom. The van der Waals surface area contributed by atoms with Crippen LogP contribution in [0.1, 0.15) is 19.8 Å². The van der Waals surface area contributed by atoms with E-state index in [1.165, 1.54) is 31.6 Å². The topological polar surface area (TPSA) is 6.48 Å². The predicted molar refractivity (Wildman–Crippen MR) is 60.1 cm³/mol. The fourth-order valence-electron chi connectivity index (χ4n) is 2.23. The van der Waals surface area contributed by atoms with Gasteiger partial charge in [0.2, 0.25) is 0 Å². The van der Waals surface area contributed by atoms with E-state index >= 15 is 0 Å². The molecule has 0 amide bonds. The van der Waals surface area contributed by atoms with Crippen LogP contribution >= 0.6 is 0 Å². The van der Waals surface area contributed by atoms with Gasteiger partial charge in [0, 0.05) is 31.4 Å². The van der Waals surface area contributed by atoms with Crippen molar-refractivity contribution in [3.63, 3.8) is 0 Å². The average molecular weight is 192 g/mol. The number of hydrogen-bond donors (Lipinski definition) is 0. The van der Waals surface area contributed by atoms with Gasteiger partial charge in [-0.25, -0.2) is 0 Å². The fourth-order valence-corrected chi connectivity index (χ4v) is 2.23. The lowest BCUT2D eigenvalue weighted by atomic mass is 10.1. The van der Waals surface area contributed by atoms with Crippen LogP contribution in [-0.2, 0) is 0 Å². The molecule has 2 nitrogen and oxygen atoms in total. The Balaban J connectivity index is 1.98. The van der Waals surface area contributed by atoms with E-state index in [0.717, 1.165) is 6.54 Å². The second-order valence-electron chi connectivity index (χ2n) is 4.62. The molecule has 0 saturated carbocycles. The lowest BCUT2D eigenvalue weighted by molar-refractivity contribution is 0.122. The van der Waals surface area contributed by atoms with Gasteiger partial charge in [0.1, 0.15) is 0 Å². The highest BCUT2D eigenvalue weighted by Gasteiger charge is 2.26. The third kappa shape index (κ3) is 2.18. The third-order valence-electron chi connectivity index (χ3n) is 3.17. The molecule has 0 radical (unpaired) electrons. The quantitative estimate of drug-likeness (QED) is 0.630. The smallest absolute Gasteiger partial charge is 0.0451 e. The number of nitrogens with zero attached hydrogens (tertiary/aromatic N) is 2. The fraction of sp³-hybridized carbons (Fsp3) is 0.667. The number of allylic oxidation sites excluding steroid dienone is 2. The second kappa shape index (κ2) is 3.77. The summed E-state index contributed by atoms with van der Waals surface area (Å²) in [5, 5.41) is 0. The summed E-state index contributed by atoms with van der Waals surface area (Å²) in [6, 6.07) is 0.667. The summed E-state index contributed by atoms with van der Waals surface area (Å²) >= 11 is 0. The molecule has 2 heteroatoms. The Morgan fingerprint density at radius 3 is 2.86 bits per heavy atom. The highest BCUT2D eigenvalue weighted by Crippen LogP contribution is 2.28. The largest absolute Gasteiger partial charge is 0.370 e. The molecule has 0 aromatic rings. The van der Waals surface area contributed by atoms with Gasteiger partial charge in [-0.1, -0.05) is 18.2 Å². The zero-order valence-corrected chi connectivity index (χ0v) is 9.29. The summed E-state index contributed by atoms with van der Waals surface area (Å²) in [6.07, 6.45) is 4.84. The SMILES string of the molecule is C=C(C)N1CCN(C)CC1CC1=CC1. The third-order valence-corrected chi connectivity index (χ3v) is 3.17. The molecule has 0 spiro atoms. The molecule has 0 aromatic heterocycles. The number of hydrogen-bond acceptors (Lipinski definition) is 2. The highest BCUT2D eigenvalue weighted by molar-refractivity contribution is 5.23. The number of piperazine rings is 1. The molecule has 14 heavy (non-hydrogen) atoms. The highest BCUT2D eigenvalue weighted by atomic mass is 15.3. The summed E-state index contributed by atoms with van der Waals surface area (Å²) < 4.78 is 0. The van der Waals surface area contributed by atoms with E-state index in [-0.39, 0.29) is 0 Å². The molecule has 1 fully saturated rings. The van der Waals surface area contributed by atoms with Gasteiger partial charge in [-0.15, -0.1) is 0 Å². The van der Waals surface area contributed by atoms with E-state index in [9.17, 15) is 0 Å². The van der Waals surface area contributed by atoms with Crippen molar-refractivity contribution in [1.29, 1.82) is 0 Å². The maximum Gasteiger partial charge on any atom is 0.0451 e. The molecule has 1 aliphatic carbocycles. The zero-order chi connectivity index (χ0) is 10.1. The van der Waals surface area contributed by atoms with E-state index in [1.807, 2.05) is 0 Å². The lowest BCUT2D eigenvalue weighted by Crippen LogP contribution is -2.50. The predicted octanol–water partition coefficient (Wildman–Crippen LogP) is 1.86. The van der Waals surface area contributed by atoms with Crippen molar-refractivity contribution in [1.82, 2.24) is 9.80 Å². The minimum atomic E-state index is 0.667. The minimum Gasteiger partial charge on any atom is -0.370 e. The van der Waals surface area contributed by atoms with Gasteiger partial charge in [0.05, 0.1) is 0 Å². The normalized spacial score (nSPS) is 27.4. The minimum absolute atomic E-state index is 0.667. The van der Waals surface area contributed by atoms with E-state index in [2.05, 4.69) is 36.4 Å². The van der Waals surface area contributed by atoms with E-state index < -0.39 is 0 Å². The van der Waals surface area contributed by atoms with Crippen LogP contribution in [0.15, 0.2) is 23.9 Å². The van der Waals surface area contributed by atoms with Crippen LogP contribution in [0.25, 0.3) is 0 Å². The number of rotatable bonds is 3. The van der Waals surface area contributed by atoms with Crippen LogP contribution in [0.2, 0.25) is 0 Å². The van der Waals surface area contributed by atoms with Crippen LogP contribution in [0.3, 0.4) is 0 Å². The van der Waals surface area contributed by atoms with Gasteiger partial charge >= 0.3 is 0 Å². The van der Waals surface area contributed by atoms with Crippen LogP contribution in [-0.4, -0.2) is 42.5 Å². The Bertz CT molecular complexity index is 267. The summed E-state index contributed by atoms with van der Waals surface area (Å²) in [5.41, 5.74) is 2.86. The molecule has 1 aliphatic heterocycles. The lowest BCUT2D eigenvalue weighted by Gasteiger charge is -2.41. The van der Waals surface area contributed by atoms with Gasteiger partial charge < -0.3 is 9.80 Å². The molecule has 1 heterocycles. The maximum absolute atomic E-state index is 4.07. The number of likely N-dealkylation sites (N-methyl/N-ethyl adjacent to an activating group) is 1. The van der Waals surface area contributed by atoms with Gasteiger partial charge in [-0.3, -0.25) is 0 Å².